The molecule has 1 aromatic carbocycles. The molecule has 2 heterocycles. The highest BCUT2D eigenvalue weighted by atomic mass is 32.1. The van der Waals surface area contributed by atoms with Crippen LogP contribution in [0.3, 0.4) is 0 Å². The van der Waals surface area contributed by atoms with Gasteiger partial charge in [0.1, 0.15) is 15.5 Å². The Morgan fingerprint density at radius 2 is 1.69 bits per heavy atom. The second-order valence-electron chi connectivity index (χ2n) is 8.31. The Bertz CT molecular complexity index is 1190. The number of esters is 2. The number of nitrogens with one attached hydrogen (secondary N) is 1. The summed E-state index contributed by atoms with van der Waals surface area (Å²) in [5.74, 6) is -0.835. The van der Waals surface area contributed by atoms with Crippen molar-refractivity contribution in [3.05, 3.63) is 51.8 Å². The van der Waals surface area contributed by atoms with E-state index < -0.39 is 24.5 Å². The number of methoxy groups -OCH3 is 1. The molecule has 2 aromatic heterocycles. The van der Waals surface area contributed by atoms with Crippen LogP contribution in [-0.2, 0) is 19.7 Å². The van der Waals surface area contributed by atoms with Crippen molar-refractivity contribution in [2.45, 2.75) is 40.0 Å². The van der Waals surface area contributed by atoms with Crippen molar-refractivity contribution < 1.29 is 23.9 Å². The van der Waals surface area contributed by atoms with Gasteiger partial charge in [0, 0.05) is 16.5 Å². The van der Waals surface area contributed by atoms with Crippen LogP contribution in [0.5, 0.6) is 0 Å². The highest BCUT2D eigenvalue weighted by molar-refractivity contribution is 7.20. The maximum absolute atomic E-state index is 12.6. The lowest BCUT2D eigenvalue weighted by Gasteiger charge is -2.16. The third-order valence-electron chi connectivity index (χ3n) is 4.75. The zero-order chi connectivity index (χ0) is 23.6. The largest absolute Gasteiger partial charge is 0.465 e. The van der Waals surface area contributed by atoms with Crippen molar-refractivity contribution in [2.75, 3.05) is 19.0 Å². The molecule has 1 amide bonds. The summed E-state index contributed by atoms with van der Waals surface area (Å²) in [6.45, 7) is 9.38. The Morgan fingerprint density at radius 1 is 1.03 bits per heavy atom. The summed E-state index contributed by atoms with van der Waals surface area (Å²) in [6.07, 6.45) is 0. The number of rotatable bonds is 5. The summed E-state index contributed by atoms with van der Waals surface area (Å²) < 4.78 is 9.86. The predicted molar refractivity (Wildman–Crippen MR) is 122 cm³/mol. The van der Waals surface area contributed by atoms with Crippen molar-refractivity contribution >= 4 is 45.1 Å². The van der Waals surface area contributed by atoms with Gasteiger partial charge in [-0.2, -0.15) is 0 Å². The normalized spacial score (nSPS) is 11.3. The smallest absolute Gasteiger partial charge is 0.349 e. The van der Waals surface area contributed by atoms with Gasteiger partial charge in [-0.15, -0.1) is 11.3 Å². The fourth-order valence-electron chi connectivity index (χ4n) is 3.07. The summed E-state index contributed by atoms with van der Waals surface area (Å²) in [7, 11) is 1.29. The SMILES string of the molecule is COC(=O)c1ccc(NC(=O)COC(=O)c2sc3nc(C(C)(C)C)nc(C)c3c2C)cc1. The van der Waals surface area contributed by atoms with Crippen LogP contribution < -0.4 is 5.32 Å². The van der Waals surface area contributed by atoms with Crippen molar-refractivity contribution in [3.8, 4) is 0 Å². The minimum absolute atomic E-state index is 0.218. The third kappa shape index (κ3) is 4.94. The number of carbonyl (C=O) groups excluding carboxylic acids is 3. The number of amides is 1. The Morgan fingerprint density at radius 3 is 2.28 bits per heavy atom. The quantitative estimate of drug-likeness (QED) is 0.575. The van der Waals surface area contributed by atoms with Gasteiger partial charge in [0.2, 0.25) is 0 Å². The Kier molecular flexibility index (Phi) is 6.59. The molecule has 3 rings (SSSR count). The van der Waals surface area contributed by atoms with Gasteiger partial charge < -0.3 is 14.8 Å². The average Bonchev–Trinajstić information content (AvgIpc) is 3.08. The summed E-state index contributed by atoms with van der Waals surface area (Å²) >= 11 is 1.24. The molecule has 0 bridgehead atoms. The number of carbonyl (C=O) groups is 3. The number of anilines is 1. The molecule has 9 heteroatoms. The van der Waals surface area contributed by atoms with E-state index in [9.17, 15) is 14.4 Å². The van der Waals surface area contributed by atoms with Crippen molar-refractivity contribution in [1.82, 2.24) is 9.97 Å². The predicted octanol–water partition coefficient (Wildman–Crippen LogP) is 4.19. The number of benzene rings is 1. The first kappa shape index (κ1) is 23.3. The van der Waals surface area contributed by atoms with E-state index in [-0.39, 0.29) is 5.41 Å². The van der Waals surface area contributed by atoms with Crippen LogP contribution in [-0.4, -0.2) is 41.5 Å². The maximum Gasteiger partial charge on any atom is 0.349 e. The molecule has 0 aliphatic rings. The molecule has 0 radical (unpaired) electrons. The first-order valence-corrected chi connectivity index (χ1v) is 10.8. The summed E-state index contributed by atoms with van der Waals surface area (Å²) in [5.41, 5.74) is 2.17. The van der Waals surface area contributed by atoms with Gasteiger partial charge in [-0.1, -0.05) is 20.8 Å². The van der Waals surface area contributed by atoms with Crippen molar-refractivity contribution in [2.24, 2.45) is 0 Å². The lowest BCUT2D eigenvalue weighted by atomic mass is 9.95. The van der Waals surface area contributed by atoms with Crippen LogP contribution >= 0.6 is 11.3 Å². The fourth-order valence-corrected chi connectivity index (χ4v) is 4.20. The van der Waals surface area contributed by atoms with E-state index >= 15 is 0 Å². The summed E-state index contributed by atoms with van der Waals surface area (Å²) in [5, 5.41) is 3.46. The minimum Gasteiger partial charge on any atom is -0.465 e. The molecule has 0 atom stereocenters. The Balaban J connectivity index is 1.69. The van der Waals surface area contributed by atoms with Gasteiger partial charge in [-0.05, 0) is 43.7 Å². The molecular weight excluding hydrogens is 430 g/mol. The van der Waals surface area contributed by atoms with E-state index in [1.165, 1.54) is 30.6 Å². The number of hydrogen-bond acceptors (Lipinski definition) is 8. The van der Waals surface area contributed by atoms with Crippen LogP contribution in [0, 0.1) is 13.8 Å². The molecule has 168 valence electrons. The average molecular weight is 456 g/mol. The van der Waals surface area contributed by atoms with E-state index in [0.717, 1.165) is 21.5 Å². The number of fused-ring (bicyclic) bond motifs is 1. The standard InChI is InChI=1S/C23H25N3O5S/c1-12-17-13(2)24-22(23(3,4)5)26-19(17)32-18(12)21(29)31-11-16(27)25-15-9-7-14(8-10-15)20(28)30-6/h7-10H,11H2,1-6H3,(H,25,27). The van der Waals surface area contributed by atoms with Gasteiger partial charge in [0.05, 0.1) is 18.4 Å². The maximum atomic E-state index is 12.6. The summed E-state index contributed by atoms with van der Waals surface area (Å²) in [4.78, 5) is 46.7. The number of ether oxygens (including phenoxy) is 2. The second kappa shape index (κ2) is 9.04. The zero-order valence-corrected chi connectivity index (χ0v) is 19.7. The van der Waals surface area contributed by atoms with Crippen LogP contribution in [0.2, 0.25) is 0 Å². The number of nitrogens with zero attached hydrogens (tertiary/aromatic N) is 2. The molecule has 0 unspecified atom stereocenters. The van der Waals surface area contributed by atoms with Crippen LogP contribution in [0.4, 0.5) is 5.69 Å². The molecule has 8 nitrogen and oxygen atoms in total. The van der Waals surface area contributed by atoms with Gasteiger partial charge in [0.15, 0.2) is 6.61 Å². The number of aromatic nitrogens is 2. The second-order valence-corrected chi connectivity index (χ2v) is 9.31. The topological polar surface area (TPSA) is 107 Å². The molecule has 0 aliphatic carbocycles. The van der Waals surface area contributed by atoms with E-state index in [0.29, 0.717) is 22.0 Å². The van der Waals surface area contributed by atoms with Gasteiger partial charge in [-0.25, -0.2) is 19.6 Å². The molecule has 0 saturated heterocycles. The van der Waals surface area contributed by atoms with E-state index in [1.54, 1.807) is 12.1 Å². The molecule has 1 N–H and O–H groups in total. The number of aryl methyl sites for hydroxylation is 2. The summed E-state index contributed by atoms with van der Waals surface area (Å²) in [6, 6.07) is 6.19. The Labute approximate surface area is 190 Å². The molecule has 0 fully saturated rings. The van der Waals surface area contributed by atoms with Crippen LogP contribution in [0.15, 0.2) is 24.3 Å². The fraction of sp³-hybridized carbons (Fsp3) is 0.348. The minimum atomic E-state index is -0.585. The highest BCUT2D eigenvalue weighted by Gasteiger charge is 2.24. The van der Waals surface area contributed by atoms with Gasteiger partial charge >= 0.3 is 11.9 Å². The third-order valence-corrected chi connectivity index (χ3v) is 5.92. The van der Waals surface area contributed by atoms with E-state index in [2.05, 4.69) is 20.0 Å². The Hall–Kier alpha value is -3.33. The molecule has 3 aromatic rings. The van der Waals surface area contributed by atoms with E-state index in [1.807, 2.05) is 34.6 Å². The first-order chi connectivity index (χ1) is 15.0. The lowest BCUT2D eigenvalue weighted by Crippen LogP contribution is -2.20. The van der Waals surface area contributed by atoms with Gasteiger partial charge in [-0.3, -0.25) is 4.79 Å². The van der Waals surface area contributed by atoms with Crippen LogP contribution in [0.25, 0.3) is 10.2 Å². The molecular formula is C23H25N3O5S. The van der Waals surface area contributed by atoms with Gasteiger partial charge in [0.25, 0.3) is 5.91 Å². The molecule has 0 spiro atoms. The number of hydrogen-bond donors (Lipinski definition) is 1. The van der Waals surface area contributed by atoms with Crippen molar-refractivity contribution in [1.29, 1.82) is 0 Å². The van der Waals surface area contributed by atoms with Crippen molar-refractivity contribution in [3.63, 3.8) is 0 Å². The molecule has 0 saturated carbocycles. The number of thiophene rings is 1. The van der Waals surface area contributed by atoms with E-state index in [4.69, 9.17) is 4.74 Å². The first-order valence-electron chi connectivity index (χ1n) is 9.95. The monoisotopic (exact) mass is 455 g/mol. The highest BCUT2D eigenvalue weighted by Crippen LogP contribution is 2.33. The lowest BCUT2D eigenvalue weighted by molar-refractivity contribution is -0.119. The molecule has 32 heavy (non-hydrogen) atoms. The zero-order valence-electron chi connectivity index (χ0n) is 18.9. The molecule has 0 aliphatic heterocycles. The van der Waals surface area contributed by atoms with Crippen LogP contribution in [0.1, 0.15) is 57.9 Å².